The van der Waals surface area contributed by atoms with Crippen LogP contribution in [0.2, 0.25) is 0 Å². The van der Waals surface area contributed by atoms with Gasteiger partial charge in [-0.3, -0.25) is 4.79 Å². The molecule has 0 spiro atoms. The van der Waals surface area contributed by atoms with Gasteiger partial charge in [0, 0.05) is 23.9 Å². The second-order valence-corrected chi connectivity index (χ2v) is 8.20. The monoisotopic (exact) mass is 449 g/mol. The first-order chi connectivity index (χ1) is 16.6. The molecule has 0 amide bonds. The fourth-order valence-electron chi connectivity index (χ4n) is 4.25. The van der Waals surface area contributed by atoms with Crippen LogP contribution in [-0.4, -0.2) is 25.6 Å². The molecule has 0 saturated carbocycles. The number of hydrogen-bond acceptors (Lipinski definition) is 4. The number of carboxylic acid groups (broad SMARTS) is 1. The third-order valence-corrected chi connectivity index (χ3v) is 5.96. The highest BCUT2D eigenvalue weighted by Gasteiger charge is 2.20. The number of benzene rings is 3. The van der Waals surface area contributed by atoms with E-state index in [-0.39, 0.29) is 10.9 Å². The molecule has 0 aliphatic carbocycles. The number of aromatic carboxylic acids is 1. The number of aromatic nitrogens is 3. The molecule has 2 aromatic heterocycles. The van der Waals surface area contributed by atoms with Crippen LogP contribution in [0.15, 0.2) is 83.8 Å². The van der Waals surface area contributed by atoms with E-state index in [0.29, 0.717) is 34.5 Å². The van der Waals surface area contributed by atoms with Crippen LogP contribution in [0.25, 0.3) is 44.5 Å². The Morgan fingerprint density at radius 1 is 0.882 bits per heavy atom. The second kappa shape index (κ2) is 8.90. The molecule has 34 heavy (non-hydrogen) atoms. The molecule has 2 heterocycles. The largest absolute Gasteiger partial charge is 0.477 e. The van der Waals surface area contributed by atoms with E-state index in [0.717, 1.165) is 24.0 Å². The van der Waals surface area contributed by atoms with Crippen molar-refractivity contribution in [1.82, 2.24) is 14.5 Å². The smallest absolute Gasteiger partial charge is 0.341 e. The third-order valence-electron chi connectivity index (χ3n) is 5.96. The molecule has 0 saturated heterocycles. The summed E-state index contributed by atoms with van der Waals surface area (Å²) in [5, 5.41) is 10.0. The molecule has 0 fully saturated rings. The number of rotatable bonds is 6. The number of aryl methyl sites for hydroxylation is 1. The van der Waals surface area contributed by atoms with Crippen molar-refractivity contribution in [1.29, 1.82) is 0 Å². The molecular formula is C28H23N3O3. The predicted octanol–water partition coefficient (Wildman–Crippen LogP) is 5.78. The summed E-state index contributed by atoms with van der Waals surface area (Å²) < 4.78 is 1.85. The van der Waals surface area contributed by atoms with Crippen molar-refractivity contribution >= 4 is 27.9 Å². The van der Waals surface area contributed by atoms with Crippen molar-refractivity contribution in [2.75, 3.05) is 0 Å². The van der Waals surface area contributed by atoms with Gasteiger partial charge >= 0.3 is 5.97 Å². The van der Waals surface area contributed by atoms with E-state index in [1.165, 1.54) is 6.20 Å². The summed E-state index contributed by atoms with van der Waals surface area (Å²) in [6.45, 7) is 2.68. The Hall–Kier alpha value is -4.32. The molecule has 5 aromatic rings. The zero-order chi connectivity index (χ0) is 23.7. The predicted molar refractivity (Wildman–Crippen MR) is 134 cm³/mol. The molecule has 0 atom stereocenters. The van der Waals surface area contributed by atoms with Crippen LogP contribution in [-0.2, 0) is 6.54 Å². The Kier molecular flexibility index (Phi) is 5.64. The highest BCUT2D eigenvalue weighted by Crippen LogP contribution is 2.32. The number of unbranched alkanes of at least 4 members (excludes halogenated alkanes) is 1. The van der Waals surface area contributed by atoms with Crippen LogP contribution >= 0.6 is 0 Å². The SMILES string of the molecule is CCCCn1cc(C(=O)O)c(=O)c2c3nc(-c4ccccc4)c(-c4ccccc4)nc3ccc21. The van der Waals surface area contributed by atoms with Gasteiger partial charge in [-0.05, 0) is 18.6 Å². The summed E-state index contributed by atoms with van der Waals surface area (Å²) >= 11 is 0. The molecule has 0 radical (unpaired) electrons. The highest BCUT2D eigenvalue weighted by atomic mass is 16.4. The van der Waals surface area contributed by atoms with Gasteiger partial charge in [0.1, 0.15) is 11.1 Å². The zero-order valence-electron chi connectivity index (χ0n) is 18.7. The molecule has 0 aliphatic rings. The van der Waals surface area contributed by atoms with E-state index in [4.69, 9.17) is 9.97 Å². The van der Waals surface area contributed by atoms with Crippen molar-refractivity contribution < 1.29 is 9.90 Å². The van der Waals surface area contributed by atoms with Gasteiger partial charge in [-0.25, -0.2) is 14.8 Å². The number of carbonyl (C=O) groups is 1. The summed E-state index contributed by atoms with van der Waals surface area (Å²) in [7, 11) is 0. The summed E-state index contributed by atoms with van der Waals surface area (Å²) in [5.74, 6) is -1.24. The number of carboxylic acids is 1. The fourth-order valence-corrected chi connectivity index (χ4v) is 4.25. The molecule has 0 aliphatic heterocycles. The van der Waals surface area contributed by atoms with E-state index >= 15 is 0 Å². The molecule has 0 bridgehead atoms. The summed E-state index contributed by atoms with van der Waals surface area (Å²) in [6, 6.07) is 23.2. The first-order valence-electron chi connectivity index (χ1n) is 11.3. The van der Waals surface area contributed by atoms with Crippen molar-refractivity contribution in [3.8, 4) is 22.5 Å². The lowest BCUT2D eigenvalue weighted by Crippen LogP contribution is -2.19. The molecular weight excluding hydrogens is 426 g/mol. The summed E-state index contributed by atoms with van der Waals surface area (Å²) in [4.78, 5) is 35.1. The average molecular weight is 450 g/mol. The van der Waals surface area contributed by atoms with Gasteiger partial charge in [-0.1, -0.05) is 74.0 Å². The Labute approximate surface area is 196 Å². The number of hydrogen-bond donors (Lipinski definition) is 1. The topological polar surface area (TPSA) is 85.1 Å². The normalized spacial score (nSPS) is 11.2. The van der Waals surface area contributed by atoms with Crippen LogP contribution in [0.4, 0.5) is 0 Å². The van der Waals surface area contributed by atoms with Crippen LogP contribution in [0.1, 0.15) is 30.1 Å². The first-order valence-corrected chi connectivity index (χ1v) is 11.3. The minimum absolute atomic E-state index is 0.258. The van der Waals surface area contributed by atoms with Gasteiger partial charge in [0.15, 0.2) is 0 Å². The van der Waals surface area contributed by atoms with Gasteiger partial charge in [-0.15, -0.1) is 0 Å². The molecule has 3 aromatic carbocycles. The Bertz CT molecular complexity index is 1580. The molecule has 5 rings (SSSR count). The fraction of sp³-hybridized carbons (Fsp3) is 0.143. The van der Waals surface area contributed by atoms with Crippen molar-refractivity contribution in [2.24, 2.45) is 0 Å². The molecule has 6 heteroatoms. The van der Waals surface area contributed by atoms with Crippen molar-refractivity contribution in [2.45, 2.75) is 26.3 Å². The van der Waals surface area contributed by atoms with Gasteiger partial charge in [0.25, 0.3) is 0 Å². The average Bonchev–Trinajstić information content (AvgIpc) is 2.88. The maximum Gasteiger partial charge on any atom is 0.341 e. The summed E-state index contributed by atoms with van der Waals surface area (Å²) in [5.41, 5.74) is 3.96. The first kappa shape index (κ1) is 21.5. The van der Waals surface area contributed by atoms with Gasteiger partial charge in [-0.2, -0.15) is 0 Å². The van der Waals surface area contributed by atoms with Gasteiger partial charge in [0.2, 0.25) is 5.43 Å². The third kappa shape index (κ3) is 3.73. The number of pyridine rings is 1. The van der Waals surface area contributed by atoms with Crippen molar-refractivity contribution in [3.05, 3.63) is 94.8 Å². The van der Waals surface area contributed by atoms with Crippen LogP contribution in [0.3, 0.4) is 0 Å². The van der Waals surface area contributed by atoms with E-state index in [2.05, 4.69) is 6.92 Å². The lowest BCUT2D eigenvalue weighted by molar-refractivity contribution is 0.0695. The van der Waals surface area contributed by atoms with Gasteiger partial charge in [0.05, 0.1) is 27.8 Å². The van der Waals surface area contributed by atoms with Crippen LogP contribution < -0.4 is 5.43 Å². The summed E-state index contributed by atoms with van der Waals surface area (Å²) in [6.07, 6.45) is 3.25. The van der Waals surface area contributed by atoms with E-state index in [1.54, 1.807) is 0 Å². The number of fused-ring (bicyclic) bond motifs is 3. The molecule has 1 N–H and O–H groups in total. The van der Waals surface area contributed by atoms with Gasteiger partial charge < -0.3 is 9.67 Å². The lowest BCUT2D eigenvalue weighted by Gasteiger charge is -2.15. The molecule has 6 nitrogen and oxygen atoms in total. The Balaban J connectivity index is 1.91. The lowest BCUT2D eigenvalue weighted by atomic mass is 10.0. The Morgan fingerprint density at radius 2 is 1.50 bits per heavy atom. The van der Waals surface area contributed by atoms with Crippen molar-refractivity contribution in [3.63, 3.8) is 0 Å². The van der Waals surface area contributed by atoms with Crippen LogP contribution in [0, 0.1) is 0 Å². The zero-order valence-corrected chi connectivity index (χ0v) is 18.7. The van der Waals surface area contributed by atoms with E-state index in [9.17, 15) is 14.7 Å². The standard InChI is InChI=1S/C28H23N3O3/c1-2-3-16-31-17-20(28(33)34)27(32)23-22(31)15-14-21-26(23)30-25(19-12-8-5-9-13-19)24(29-21)18-10-6-4-7-11-18/h4-15,17H,2-3,16H2,1H3,(H,33,34). The van der Waals surface area contributed by atoms with Crippen LogP contribution in [0.5, 0.6) is 0 Å². The van der Waals surface area contributed by atoms with E-state index < -0.39 is 11.4 Å². The van der Waals surface area contributed by atoms with E-state index in [1.807, 2.05) is 77.4 Å². The maximum absolute atomic E-state index is 13.4. The minimum atomic E-state index is -1.24. The quantitative estimate of drug-likeness (QED) is 0.332. The minimum Gasteiger partial charge on any atom is -0.477 e. The molecule has 0 unspecified atom stereocenters. The maximum atomic E-state index is 13.4. The highest BCUT2D eigenvalue weighted by molar-refractivity contribution is 6.06. The second-order valence-electron chi connectivity index (χ2n) is 8.20. The Morgan fingerprint density at radius 3 is 2.09 bits per heavy atom. The number of nitrogens with zero attached hydrogens (tertiary/aromatic N) is 3. The molecule has 168 valence electrons.